The van der Waals surface area contributed by atoms with Gasteiger partial charge in [-0.1, -0.05) is 0 Å². The highest BCUT2D eigenvalue weighted by molar-refractivity contribution is 5.75. The average Bonchev–Trinajstić information content (AvgIpc) is 2.71. The number of urea groups is 1. The van der Waals surface area contributed by atoms with E-state index < -0.39 is 0 Å². The molecule has 2 saturated heterocycles. The zero-order valence-corrected chi connectivity index (χ0v) is 9.89. The van der Waals surface area contributed by atoms with Crippen molar-refractivity contribution in [1.82, 2.24) is 9.80 Å². The van der Waals surface area contributed by atoms with Crippen LogP contribution in [-0.2, 0) is 4.74 Å². The van der Waals surface area contributed by atoms with Crippen LogP contribution in [0.25, 0.3) is 0 Å². The Morgan fingerprint density at radius 2 is 2.12 bits per heavy atom. The van der Waals surface area contributed by atoms with E-state index in [0.29, 0.717) is 31.7 Å². The maximum absolute atomic E-state index is 12.2. The van der Waals surface area contributed by atoms with Crippen molar-refractivity contribution in [2.24, 2.45) is 11.7 Å². The number of morpholine rings is 1. The molecule has 0 saturated carbocycles. The lowest BCUT2D eigenvalue weighted by atomic mass is 10.1. The molecule has 0 bridgehead atoms. The van der Waals surface area contributed by atoms with Crippen LogP contribution in [-0.4, -0.2) is 61.3 Å². The van der Waals surface area contributed by atoms with E-state index in [0.717, 1.165) is 26.1 Å². The average molecular weight is 227 g/mol. The lowest BCUT2D eigenvalue weighted by molar-refractivity contribution is 0.0426. The Bertz CT molecular complexity index is 254. The summed E-state index contributed by atoms with van der Waals surface area (Å²) in [5.41, 5.74) is 5.67. The standard InChI is InChI=1S/C11H21N3O2/c1-9-6-10(7-12)8-14(9)11(15)13-2-4-16-5-3-13/h9-10H,2-8,12H2,1H3. The van der Waals surface area contributed by atoms with E-state index in [4.69, 9.17) is 10.5 Å². The number of nitrogens with two attached hydrogens (primary N) is 1. The summed E-state index contributed by atoms with van der Waals surface area (Å²) in [6.07, 6.45) is 1.03. The molecule has 92 valence electrons. The van der Waals surface area contributed by atoms with Gasteiger partial charge in [-0.3, -0.25) is 0 Å². The molecule has 5 nitrogen and oxygen atoms in total. The van der Waals surface area contributed by atoms with Gasteiger partial charge in [-0.25, -0.2) is 4.79 Å². The van der Waals surface area contributed by atoms with Crippen LogP contribution in [0.1, 0.15) is 13.3 Å². The van der Waals surface area contributed by atoms with Crippen molar-refractivity contribution >= 4 is 6.03 Å². The summed E-state index contributed by atoms with van der Waals surface area (Å²) < 4.78 is 5.25. The van der Waals surface area contributed by atoms with Crippen LogP contribution in [0.4, 0.5) is 4.79 Å². The van der Waals surface area contributed by atoms with Gasteiger partial charge in [-0.2, -0.15) is 0 Å². The summed E-state index contributed by atoms with van der Waals surface area (Å²) in [6, 6.07) is 0.482. The quantitative estimate of drug-likeness (QED) is 0.691. The summed E-state index contributed by atoms with van der Waals surface area (Å²) in [5, 5.41) is 0. The van der Waals surface area contributed by atoms with Gasteiger partial charge in [-0.05, 0) is 25.8 Å². The fraction of sp³-hybridized carbons (Fsp3) is 0.909. The fourth-order valence-electron chi connectivity index (χ4n) is 2.52. The van der Waals surface area contributed by atoms with Gasteiger partial charge in [0, 0.05) is 25.7 Å². The van der Waals surface area contributed by atoms with E-state index in [2.05, 4.69) is 6.92 Å². The molecule has 2 fully saturated rings. The smallest absolute Gasteiger partial charge is 0.320 e. The summed E-state index contributed by atoms with van der Waals surface area (Å²) in [4.78, 5) is 16.1. The number of carbonyl (C=O) groups is 1. The second-order valence-corrected chi connectivity index (χ2v) is 4.72. The van der Waals surface area contributed by atoms with Crippen molar-refractivity contribution in [3.05, 3.63) is 0 Å². The monoisotopic (exact) mass is 227 g/mol. The second kappa shape index (κ2) is 5.01. The third-order valence-electron chi connectivity index (χ3n) is 3.52. The summed E-state index contributed by atoms with van der Waals surface area (Å²) in [6.45, 7) is 6.35. The zero-order chi connectivity index (χ0) is 11.5. The van der Waals surface area contributed by atoms with Gasteiger partial charge < -0.3 is 20.3 Å². The maximum Gasteiger partial charge on any atom is 0.320 e. The Morgan fingerprint density at radius 3 is 2.69 bits per heavy atom. The van der Waals surface area contributed by atoms with Gasteiger partial charge in [0.2, 0.25) is 0 Å². The number of ether oxygens (including phenoxy) is 1. The molecule has 2 amide bonds. The molecule has 0 aromatic rings. The van der Waals surface area contributed by atoms with E-state index in [1.165, 1.54) is 0 Å². The minimum Gasteiger partial charge on any atom is -0.378 e. The molecule has 2 unspecified atom stereocenters. The van der Waals surface area contributed by atoms with Gasteiger partial charge in [-0.15, -0.1) is 0 Å². The van der Waals surface area contributed by atoms with Crippen LogP contribution in [0.2, 0.25) is 0 Å². The fourth-order valence-corrected chi connectivity index (χ4v) is 2.52. The van der Waals surface area contributed by atoms with E-state index in [1.54, 1.807) is 0 Å². The summed E-state index contributed by atoms with van der Waals surface area (Å²) in [7, 11) is 0. The molecule has 0 aliphatic carbocycles. The Kier molecular flexibility index (Phi) is 3.66. The minimum absolute atomic E-state index is 0.159. The Hall–Kier alpha value is -0.810. The number of hydrogen-bond acceptors (Lipinski definition) is 3. The molecular weight excluding hydrogens is 206 g/mol. The largest absolute Gasteiger partial charge is 0.378 e. The van der Waals surface area contributed by atoms with Gasteiger partial charge in [0.05, 0.1) is 13.2 Å². The first-order valence-corrected chi connectivity index (χ1v) is 6.05. The number of hydrogen-bond donors (Lipinski definition) is 1. The normalized spacial score (nSPS) is 30.9. The van der Waals surface area contributed by atoms with Gasteiger partial charge in [0.1, 0.15) is 0 Å². The first-order chi connectivity index (χ1) is 7.72. The third-order valence-corrected chi connectivity index (χ3v) is 3.52. The highest BCUT2D eigenvalue weighted by Gasteiger charge is 2.34. The Labute approximate surface area is 96.5 Å². The molecule has 0 aromatic heterocycles. The van der Waals surface area contributed by atoms with Gasteiger partial charge in [0.15, 0.2) is 0 Å². The third kappa shape index (κ3) is 2.30. The SMILES string of the molecule is CC1CC(CN)CN1C(=O)N1CCOCC1. The van der Waals surface area contributed by atoms with Crippen molar-refractivity contribution in [1.29, 1.82) is 0 Å². The zero-order valence-electron chi connectivity index (χ0n) is 9.89. The van der Waals surface area contributed by atoms with Crippen LogP contribution in [0.5, 0.6) is 0 Å². The molecule has 2 heterocycles. The van der Waals surface area contributed by atoms with Crippen LogP contribution in [0, 0.1) is 5.92 Å². The molecular formula is C11H21N3O2. The van der Waals surface area contributed by atoms with Crippen molar-refractivity contribution in [3.8, 4) is 0 Å². The first-order valence-electron chi connectivity index (χ1n) is 6.05. The molecule has 5 heteroatoms. The summed E-state index contributed by atoms with van der Waals surface area (Å²) >= 11 is 0. The van der Waals surface area contributed by atoms with Crippen molar-refractivity contribution in [2.75, 3.05) is 39.4 Å². The molecule has 2 N–H and O–H groups in total. The minimum atomic E-state index is 0.159. The van der Waals surface area contributed by atoms with Crippen LogP contribution < -0.4 is 5.73 Å². The number of rotatable bonds is 1. The molecule has 0 spiro atoms. The Balaban J connectivity index is 1.93. The van der Waals surface area contributed by atoms with Crippen LogP contribution >= 0.6 is 0 Å². The number of nitrogens with zero attached hydrogens (tertiary/aromatic N) is 2. The lowest BCUT2D eigenvalue weighted by Gasteiger charge is -2.32. The number of carbonyl (C=O) groups excluding carboxylic acids is 1. The molecule has 2 aliphatic rings. The molecule has 2 rings (SSSR count). The van der Waals surface area contributed by atoms with Gasteiger partial charge in [0.25, 0.3) is 0 Å². The van der Waals surface area contributed by atoms with Crippen molar-refractivity contribution in [3.63, 3.8) is 0 Å². The second-order valence-electron chi connectivity index (χ2n) is 4.72. The van der Waals surface area contributed by atoms with E-state index in [9.17, 15) is 4.79 Å². The highest BCUT2D eigenvalue weighted by Crippen LogP contribution is 2.23. The molecule has 0 aromatic carbocycles. The van der Waals surface area contributed by atoms with Crippen LogP contribution in [0.15, 0.2) is 0 Å². The highest BCUT2D eigenvalue weighted by atomic mass is 16.5. The molecule has 16 heavy (non-hydrogen) atoms. The predicted molar refractivity (Wildman–Crippen MR) is 61.1 cm³/mol. The van der Waals surface area contributed by atoms with E-state index in [1.807, 2.05) is 9.80 Å². The summed E-state index contributed by atoms with van der Waals surface area (Å²) in [5.74, 6) is 0.472. The lowest BCUT2D eigenvalue weighted by Crippen LogP contribution is -2.49. The van der Waals surface area contributed by atoms with Crippen molar-refractivity contribution in [2.45, 2.75) is 19.4 Å². The molecule has 2 aliphatic heterocycles. The molecule has 0 radical (unpaired) electrons. The Morgan fingerprint density at radius 1 is 1.44 bits per heavy atom. The van der Waals surface area contributed by atoms with E-state index >= 15 is 0 Å². The number of amides is 2. The first kappa shape index (κ1) is 11.7. The van der Waals surface area contributed by atoms with Gasteiger partial charge >= 0.3 is 6.03 Å². The van der Waals surface area contributed by atoms with Crippen molar-refractivity contribution < 1.29 is 9.53 Å². The molecule has 2 atom stereocenters. The van der Waals surface area contributed by atoms with E-state index in [-0.39, 0.29) is 6.03 Å². The number of likely N-dealkylation sites (tertiary alicyclic amines) is 1. The maximum atomic E-state index is 12.2. The van der Waals surface area contributed by atoms with Crippen LogP contribution in [0.3, 0.4) is 0 Å². The predicted octanol–water partition coefficient (Wildman–Crippen LogP) is 0.108. The topological polar surface area (TPSA) is 58.8 Å².